The van der Waals surface area contributed by atoms with Crippen LogP contribution in [0.5, 0.6) is 28.7 Å². The van der Waals surface area contributed by atoms with Crippen molar-refractivity contribution in [3.05, 3.63) is 71.8 Å². The quantitative estimate of drug-likeness (QED) is 0.203. The van der Waals surface area contributed by atoms with Crippen molar-refractivity contribution in [2.75, 3.05) is 34.8 Å². The van der Waals surface area contributed by atoms with Gasteiger partial charge in [-0.05, 0) is 78.1 Å². The Morgan fingerprint density at radius 1 is 0.714 bits per heavy atom. The van der Waals surface area contributed by atoms with Gasteiger partial charge in [0.25, 0.3) is 0 Å². The van der Waals surface area contributed by atoms with E-state index in [9.17, 15) is 4.57 Å². The SMILES string of the molecule is COc1cc(C)cc(-c2cc(-c3cc(OC)cc(OC)c3)c(OC)c(-c3cccc4c3[P@](=O)(C(C)(C)C)CO4)c2C)c1. The van der Waals surface area contributed by atoms with Crippen LogP contribution >= 0.6 is 7.14 Å². The minimum Gasteiger partial charge on any atom is -0.497 e. The van der Waals surface area contributed by atoms with E-state index in [0.717, 1.165) is 55.6 Å². The van der Waals surface area contributed by atoms with Crippen LogP contribution < -0.4 is 29.0 Å². The monoisotopic (exact) mass is 586 g/mol. The molecule has 7 heteroatoms. The van der Waals surface area contributed by atoms with Crippen LogP contribution in [0.2, 0.25) is 0 Å². The lowest BCUT2D eigenvalue weighted by Gasteiger charge is -2.29. The van der Waals surface area contributed by atoms with E-state index in [2.05, 4.69) is 26.0 Å². The van der Waals surface area contributed by atoms with Crippen LogP contribution in [0.15, 0.2) is 60.7 Å². The maximum atomic E-state index is 14.8. The first-order valence-corrected chi connectivity index (χ1v) is 15.8. The lowest BCUT2D eigenvalue weighted by molar-refractivity contribution is 0.389. The number of hydrogen-bond acceptors (Lipinski definition) is 6. The molecule has 1 aliphatic heterocycles. The summed E-state index contributed by atoms with van der Waals surface area (Å²) in [5.41, 5.74) is 7.55. The topological polar surface area (TPSA) is 63.2 Å². The summed E-state index contributed by atoms with van der Waals surface area (Å²) < 4.78 is 44.0. The van der Waals surface area contributed by atoms with Gasteiger partial charge in [-0.15, -0.1) is 0 Å². The number of aryl methyl sites for hydroxylation is 1. The Bertz CT molecular complexity index is 1690. The van der Waals surface area contributed by atoms with Crippen molar-refractivity contribution in [2.45, 2.75) is 39.8 Å². The molecule has 0 aromatic heterocycles. The molecule has 0 amide bonds. The average molecular weight is 587 g/mol. The van der Waals surface area contributed by atoms with Crippen LogP contribution in [0.3, 0.4) is 0 Å². The van der Waals surface area contributed by atoms with Crippen molar-refractivity contribution in [2.24, 2.45) is 0 Å². The first kappa shape index (κ1) is 29.6. The highest BCUT2D eigenvalue weighted by Crippen LogP contribution is 2.63. The molecule has 0 unspecified atom stereocenters. The number of rotatable bonds is 7. The van der Waals surface area contributed by atoms with Gasteiger partial charge in [0, 0.05) is 27.9 Å². The molecule has 4 aromatic rings. The van der Waals surface area contributed by atoms with Crippen molar-refractivity contribution in [1.82, 2.24) is 0 Å². The molecule has 0 bridgehead atoms. The van der Waals surface area contributed by atoms with Crippen LogP contribution in [-0.2, 0) is 4.57 Å². The Morgan fingerprint density at radius 3 is 1.88 bits per heavy atom. The summed E-state index contributed by atoms with van der Waals surface area (Å²) in [7, 11) is 3.67. The maximum absolute atomic E-state index is 14.8. The first-order valence-electron chi connectivity index (χ1n) is 13.9. The number of ether oxygens (including phenoxy) is 5. The molecule has 0 saturated carbocycles. The summed E-state index contributed by atoms with van der Waals surface area (Å²) in [5.74, 6) is 3.45. The van der Waals surface area contributed by atoms with Crippen LogP contribution in [0.4, 0.5) is 0 Å². The van der Waals surface area contributed by atoms with Crippen molar-refractivity contribution >= 4 is 12.4 Å². The normalized spacial score (nSPS) is 16.0. The summed E-state index contributed by atoms with van der Waals surface area (Å²) in [6.07, 6.45) is 0.179. The standard InChI is InChI=1S/C35H39O6P/c1-21-13-23(15-25(14-21)37-6)29-19-30(24-16-26(38-7)18-27(17-24)39-8)33(40-9)32(22(29)2)28-11-10-12-31-34(28)42(36,20-41-31)35(3,4)5/h10-19H,20H2,1-9H3/t42-/m0/s1. The number of hydrogen-bond donors (Lipinski definition) is 0. The van der Waals surface area contributed by atoms with Gasteiger partial charge in [-0.2, -0.15) is 0 Å². The third kappa shape index (κ3) is 4.92. The molecule has 0 radical (unpaired) electrons. The maximum Gasteiger partial charge on any atom is 0.160 e. The van der Waals surface area contributed by atoms with Crippen LogP contribution in [0.1, 0.15) is 31.9 Å². The zero-order valence-corrected chi connectivity index (χ0v) is 26.8. The minimum atomic E-state index is -2.95. The highest BCUT2D eigenvalue weighted by molar-refractivity contribution is 7.73. The van der Waals surface area contributed by atoms with Gasteiger partial charge in [-0.1, -0.05) is 39.0 Å². The lowest BCUT2D eigenvalue weighted by atomic mass is 9.86. The summed E-state index contributed by atoms with van der Waals surface area (Å²) in [6.45, 7) is 10.2. The molecule has 1 heterocycles. The van der Waals surface area contributed by atoms with Crippen molar-refractivity contribution < 1.29 is 28.2 Å². The van der Waals surface area contributed by atoms with Gasteiger partial charge in [-0.3, -0.25) is 0 Å². The fourth-order valence-electron chi connectivity index (χ4n) is 5.76. The smallest absolute Gasteiger partial charge is 0.160 e. The van der Waals surface area contributed by atoms with Gasteiger partial charge in [0.05, 0.1) is 33.7 Å². The Morgan fingerprint density at radius 2 is 1.31 bits per heavy atom. The largest absolute Gasteiger partial charge is 0.497 e. The van der Waals surface area contributed by atoms with Crippen molar-refractivity contribution in [3.8, 4) is 62.1 Å². The van der Waals surface area contributed by atoms with E-state index in [-0.39, 0.29) is 6.35 Å². The third-order valence-corrected chi connectivity index (χ3v) is 12.0. The molecule has 6 nitrogen and oxygen atoms in total. The second-order valence-electron chi connectivity index (χ2n) is 11.7. The van der Waals surface area contributed by atoms with Gasteiger partial charge in [0.1, 0.15) is 35.1 Å². The van der Waals surface area contributed by atoms with Gasteiger partial charge < -0.3 is 28.2 Å². The first-order chi connectivity index (χ1) is 19.9. The van der Waals surface area contributed by atoms with E-state index < -0.39 is 12.3 Å². The molecule has 4 aromatic carbocycles. The summed E-state index contributed by atoms with van der Waals surface area (Å²) >= 11 is 0. The molecule has 0 N–H and O–H groups in total. The zero-order valence-electron chi connectivity index (χ0n) is 25.9. The highest BCUT2D eigenvalue weighted by Gasteiger charge is 2.47. The molecule has 0 saturated heterocycles. The summed E-state index contributed by atoms with van der Waals surface area (Å²) in [5, 5.41) is 0.284. The molecule has 42 heavy (non-hydrogen) atoms. The molecule has 0 spiro atoms. The average Bonchev–Trinajstić information content (AvgIpc) is 3.34. The predicted molar refractivity (Wildman–Crippen MR) is 171 cm³/mol. The molecule has 0 fully saturated rings. The van der Waals surface area contributed by atoms with Crippen LogP contribution in [0.25, 0.3) is 33.4 Å². The molecule has 1 aliphatic rings. The van der Waals surface area contributed by atoms with Crippen molar-refractivity contribution in [3.63, 3.8) is 0 Å². The summed E-state index contributed by atoms with van der Waals surface area (Å²) in [6, 6.07) is 20.0. The van der Waals surface area contributed by atoms with E-state index in [0.29, 0.717) is 23.0 Å². The minimum absolute atomic E-state index is 0.179. The van der Waals surface area contributed by atoms with Crippen LogP contribution in [-0.4, -0.2) is 39.9 Å². The molecular weight excluding hydrogens is 547 g/mol. The van der Waals surface area contributed by atoms with Crippen molar-refractivity contribution in [1.29, 1.82) is 0 Å². The Labute approximate surface area is 248 Å². The van der Waals surface area contributed by atoms with Gasteiger partial charge in [0.2, 0.25) is 0 Å². The second kappa shape index (κ2) is 11.1. The van der Waals surface area contributed by atoms with Crippen LogP contribution in [0, 0.1) is 13.8 Å². The molecule has 0 aliphatic carbocycles. The molecule has 1 atom stereocenters. The Hall–Kier alpha value is -3.89. The second-order valence-corrected chi connectivity index (χ2v) is 15.2. The number of methoxy groups -OCH3 is 4. The molecular formula is C35H39O6P. The zero-order chi connectivity index (χ0) is 30.4. The summed E-state index contributed by atoms with van der Waals surface area (Å²) in [4.78, 5) is 0. The fourth-order valence-corrected chi connectivity index (χ4v) is 8.34. The Kier molecular flexibility index (Phi) is 7.80. The predicted octanol–water partition coefficient (Wildman–Crippen LogP) is 8.48. The number of fused-ring (bicyclic) bond motifs is 1. The molecule has 5 rings (SSSR count). The van der Waals surface area contributed by atoms with Gasteiger partial charge in [-0.25, -0.2) is 0 Å². The number of benzene rings is 4. The van der Waals surface area contributed by atoms with E-state index in [1.54, 1.807) is 28.4 Å². The highest BCUT2D eigenvalue weighted by atomic mass is 31.2. The molecule has 220 valence electrons. The van der Waals surface area contributed by atoms with E-state index in [1.165, 1.54) is 0 Å². The van der Waals surface area contributed by atoms with E-state index in [4.69, 9.17) is 23.7 Å². The van der Waals surface area contributed by atoms with E-state index >= 15 is 0 Å². The van der Waals surface area contributed by atoms with Gasteiger partial charge in [0.15, 0.2) is 7.14 Å². The fraction of sp³-hybridized carbons (Fsp3) is 0.314. The Balaban J connectivity index is 1.94. The lowest BCUT2D eigenvalue weighted by Crippen LogP contribution is -2.23. The third-order valence-electron chi connectivity index (χ3n) is 8.12. The van der Waals surface area contributed by atoms with E-state index in [1.807, 2.05) is 69.3 Å². The van der Waals surface area contributed by atoms with Gasteiger partial charge >= 0.3 is 0 Å².